The number of nitrogens with zero attached hydrogens (tertiary/aromatic N) is 2. The van der Waals surface area contributed by atoms with Crippen molar-refractivity contribution in [3.05, 3.63) is 57.5 Å². The zero-order valence-electron chi connectivity index (χ0n) is 11.2. The average molecular weight is 318 g/mol. The Hall–Kier alpha value is -1.58. The highest BCUT2D eigenvalue weighted by Gasteiger charge is 2.24. The first-order chi connectivity index (χ1) is 10.2. The highest BCUT2D eigenvalue weighted by molar-refractivity contribution is 6.41. The Kier molecular flexibility index (Phi) is 3.12. The molecule has 0 bridgehead atoms. The number of pyridine rings is 1. The number of imidazole rings is 1. The van der Waals surface area contributed by atoms with Crippen LogP contribution in [0.15, 0.2) is 30.3 Å². The number of halogens is 2. The first-order valence-electron chi connectivity index (χ1n) is 7.02. The van der Waals surface area contributed by atoms with E-state index in [1.807, 2.05) is 0 Å². The van der Waals surface area contributed by atoms with Gasteiger partial charge in [0.25, 0.3) is 0 Å². The van der Waals surface area contributed by atoms with E-state index in [1.165, 1.54) is 17.5 Å². The molecule has 5 heteroatoms. The van der Waals surface area contributed by atoms with Crippen molar-refractivity contribution >= 4 is 34.4 Å². The van der Waals surface area contributed by atoms with Crippen molar-refractivity contribution in [2.45, 2.75) is 25.2 Å². The lowest BCUT2D eigenvalue weighted by Gasteiger charge is -2.23. The van der Waals surface area contributed by atoms with E-state index < -0.39 is 0 Å². The van der Waals surface area contributed by atoms with Crippen molar-refractivity contribution in [3.8, 4) is 0 Å². The second kappa shape index (κ2) is 5.00. The lowest BCUT2D eigenvalue weighted by molar-refractivity contribution is 0.596. The van der Waals surface area contributed by atoms with E-state index in [4.69, 9.17) is 23.2 Å². The molecule has 1 atom stereocenters. The molecule has 0 spiro atoms. The number of benzene rings is 1. The van der Waals surface area contributed by atoms with E-state index in [9.17, 15) is 0 Å². The van der Waals surface area contributed by atoms with E-state index >= 15 is 0 Å². The van der Waals surface area contributed by atoms with Gasteiger partial charge in [-0.05, 0) is 36.5 Å². The van der Waals surface area contributed by atoms with Crippen molar-refractivity contribution in [2.75, 3.05) is 0 Å². The van der Waals surface area contributed by atoms with E-state index in [0.29, 0.717) is 21.7 Å². The number of aromatic nitrogens is 3. The van der Waals surface area contributed by atoms with Crippen LogP contribution in [0.1, 0.15) is 35.7 Å². The molecule has 106 valence electrons. The number of aromatic amines is 1. The second-order valence-corrected chi connectivity index (χ2v) is 6.16. The maximum absolute atomic E-state index is 6.02. The largest absolute Gasteiger partial charge is 0.340 e. The van der Waals surface area contributed by atoms with Gasteiger partial charge < -0.3 is 4.98 Å². The third-order valence-corrected chi connectivity index (χ3v) is 4.77. The predicted octanol–water partition coefficient (Wildman–Crippen LogP) is 4.73. The van der Waals surface area contributed by atoms with Crippen LogP contribution in [0.2, 0.25) is 10.2 Å². The highest BCUT2D eigenvalue weighted by Crippen LogP contribution is 2.36. The molecule has 1 N–H and O–H groups in total. The summed E-state index contributed by atoms with van der Waals surface area (Å²) in [4.78, 5) is 12.2. The molecule has 0 amide bonds. The Morgan fingerprint density at radius 1 is 1.14 bits per heavy atom. The quantitative estimate of drug-likeness (QED) is 0.659. The molecule has 1 unspecified atom stereocenters. The molecular weight excluding hydrogens is 305 g/mol. The zero-order valence-corrected chi connectivity index (χ0v) is 12.7. The number of rotatable bonds is 1. The molecule has 2 aromatic heterocycles. The van der Waals surface area contributed by atoms with Gasteiger partial charge in [-0.15, -0.1) is 0 Å². The Bertz CT molecular complexity index is 787. The van der Waals surface area contributed by atoms with E-state index in [1.54, 1.807) is 6.07 Å². The van der Waals surface area contributed by atoms with E-state index in [-0.39, 0.29) is 0 Å². The van der Waals surface area contributed by atoms with Crippen molar-refractivity contribution in [1.82, 2.24) is 15.0 Å². The van der Waals surface area contributed by atoms with Gasteiger partial charge in [-0.1, -0.05) is 47.5 Å². The summed E-state index contributed by atoms with van der Waals surface area (Å²) in [5.74, 6) is 1.24. The fourth-order valence-corrected chi connectivity index (χ4v) is 3.40. The lowest BCUT2D eigenvalue weighted by atomic mass is 9.82. The van der Waals surface area contributed by atoms with Crippen molar-refractivity contribution in [2.24, 2.45) is 0 Å². The van der Waals surface area contributed by atoms with Crippen molar-refractivity contribution in [1.29, 1.82) is 0 Å². The average Bonchev–Trinajstić information content (AvgIpc) is 2.90. The first-order valence-corrected chi connectivity index (χ1v) is 7.77. The number of nitrogens with one attached hydrogen (secondary N) is 1. The Balaban J connectivity index is 1.84. The summed E-state index contributed by atoms with van der Waals surface area (Å²) in [6, 6.07) is 10.4. The summed E-state index contributed by atoms with van der Waals surface area (Å²) >= 11 is 12.0. The molecule has 0 saturated heterocycles. The minimum atomic E-state index is 0.293. The molecule has 1 aromatic carbocycles. The third-order valence-electron chi connectivity index (χ3n) is 4.10. The highest BCUT2D eigenvalue weighted by atomic mass is 35.5. The molecule has 3 aromatic rings. The van der Waals surface area contributed by atoms with Crippen LogP contribution < -0.4 is 0 Å². The van der Waals surface area contributed by atoms with E-state index in [2.05, 4.69) is 39.2 Å². The number of H-pyrrole nitrogens is 1. The van der Waals surface area contributed by atoms with Crippen LogP contribution in [0, 0.1) is 0 Å². The molecule has 1 aliphatic carbocycles. The van der Waals surface area contributed by atoms with Crippen molar-refractivity contribution in [3.63, 3.8) is 0 Å². The zero-order chi connectivity index (χ0) is 14.4. The summed E-state index contributed by atoms with van der Waals surface area (Å²) in [7, 11) is 0. The Morgan fingerprint density at radius 2 is 2.00 bits per heavy atom. The van der Waals surface area contributed by atoms with Gasteiger partial charge in [0.1, 0.15) is 11.0 Å². The van der Waals surface area contributed by atoms with Gasteiger partial charge in [0.05, 0.1) is 10.5 Å². The van der Waals surface area contributed by atoms with Crippen LogP contribution in [0.5, 0.6) is 0 Å². The molecule has 0 fully saturated rings. The Labute approximate surface area is 132 Å². The number of hydrogen-bond acceptors (Lipinski definition) is 2. The summed E-state index contributed by atoms with van der Waals surface area (Å²) in [5.41, 5.74) is 4.24. The standard InChI is InChI=1S/C16H13Cl2N3/c17-12-8-13-16(20-14(12)18)21-15(19-13)11-7-3-5-9-4-1-2-6-10(9)11/h1-2,4,6,8,11H,3,5,7H2,(H,19,20,21). The van der Waals surface area contributed by atoms with Crippen LogP contribution in [0.3, 0.4) is 0 Å². The molecule has 0 radical (unpaired) electrons. The van der Waals surface area contributed by atoms with Gasteiger partial charge >= 0.3 is 0 Å². The van der Waals surface area contributed by atoms with Gasteiger partial charge in [0, 0.05) is 5.92 Å². The van der Waals surface area contributed by atoms with Gasteiger partial charge in [-0.2, -0.15) is 0 Å². The fraction of sp³-hybridized carbons (Fsp3) is 0.250. The molecular formula is C16H13Cl2N3. The maximum atomic E-state index is 6.02. The SMILES string of the molecule is Clc1cc2[nH]c(C3CCCc4ccccc43)nc2nc1Cl. The van der Waals surface area contributed by atoms with Gasteiger partial charge in [0.15, 0.2) is 5.65 Å². The molecule has 1 aliphatic rings. The van der Waals surface area contributed by atoms with Crippen LogP contribution >= 0.6 is 23.2 Å². The fourth-order valence-electron chi connectivity index (χ4n) is 3.12. The first kappa shape index (κ1) is 13.1. The number of aryl methyl sites for hydroxylation is 1. The van der Waals surface area contributed by atoms with Crippen LogP contribution in [0.4, 0.5) is 0 Å². The summed E-state index contributed by atoms with van der Waals surface area (Å²) in [5, 5.41) is 0.745. The molecule has 4 rings (SSSR count). The molecule has 0 saturated carbocycles. The van der Waals surface area contributed by atoms with Gasteiger partial charge in [-0.3, -0.25) is 0 Å². The number of fused-ring (bicyclic) bond motifs is 2. The van der Waals surface area contributed by atoms with Crippen molar-refractivity contribution < 1.29 is 0 Å². The summed E-state index contributed by atoms with van der Waals surface area (Å²) in [6.07, 6.45) is 3.41. The van der Waals surface area contributed by atoms with Crippen LogP contribution in [-0.4, -0.2) is 15.0 Å². The minimum absolute atomic E-state index is 0.293. The monoisotopic (exact) mass is 317 g/mol. The second-order valence-electron chi connectivity index (χ2n) is 5.40. The molecule has 3 nitrogen and oxygen atoms in total. The predicted molar refractivity (Wildman–Crippen MR) is 85.1 cm³/mol. The topological polar surface area (TPSA) is 41.6 Å². The maximum Gasteiger partial charge on any atom is 0.179 e. The lowest BCUT2D eigenvalue weighted by Crippen LogP contribution is -2.12. The molecule has 21 heavy (non-hydrogen) atoms. The van der Waals surface area contributed by atoms with Gasteiger partial charge in [-0.25, -0.2) is 9.97 Å². The Morgan fingerprint density at radius 3 is 2.90 bits per heavy atom. The number of hydrogen-bond donors (Lipinski definition) is 1. The van der Waals surface area contributed by atoms with E-state index in [0.717, 1.165) is 24.2 Å². The van der Waals surface area contributed by atoms with Crippen LogP contribution in [0.25, 0.3) is 11.2 Å². The third kappa shape index (κ3) is 2.21. The molecule has 2 heterocycles. The molecule has 0 aliphatic heterocycles. The minimum Gasteiger partial charge on any atom is -0.340 e. The normalized spacial score (nSPS) is 17.9. The smallest absolute Gasteiger partial charge is 0.179 e. The summed E-state index contributed by atoms with van der Waals surface area (Å²) < 4.78 is 0. The van der Waals surface area contributed by atoms with Crippen LogP contribution in [-0.2, 0) is 6.42 Å². The summed E-state index contributed by atoms with van der Waals surface area (Å²) in [6.45, 7) is 0. The van der Waals surface area contributed by atoms with Gasteiger partial charge in [0.2, 0.25) is 0 Å².